The van der Waals surface area contributed by atoms with Crippen molar-refractivity contribution in [2.45, 2.75) is 37.5 Å². The average Bonchev–Trinajstić information content (AvgIpc) is 2.47. The lowest BCUT2D eigenvalue weighted by molar-refractivity contribution is 0.275. The molecule has 0 aliphatic heterocycles. The van der Waals surface area contributed by atoms with E-state index in [4.69, 9.17) is 26.8 Å². The van der Waals surface area contributed by atoms with Gasteiger partial charge in [-0.15, -0.1) is 0 Å². The fourth-order valence-electron chi connectivity index (χ4n) is 3.20. The highest BCUT2D eigenvalue weighted by Gasteiger charge is 2.38. The molecule has 1 aliphatic rings. The molecule has 0 atom stereocenters. The summed E-state index contributed by atoms with van der Waals surface area (Å²) in [5, 5.41) is 0.622. The van der Waals surface area contributed by atoms with Gasteiger partial charge in [-0.2, -0.15) is 0 Å². The Morgan fingerprint density at radius 1 is 1.16 bits per heavy atom. The normalized spacial score (nSPS) is 18.1. The van der Waals surface area contributed by atoms with E-state index in [0.717, 1.165) is 24.2 Å². The molecular formula is C15H22ClNO2. The predicted octanol–water partition coefficient (Wildman–Crippen LogP) is 3.52. The van der Waals surface area contributed by atoms with E-state index < -0.39 is 0 Å². The maximum absolute atomic E-state index is 6.28. The second-order valence-electron chi connectivity index (χ2n) is 5.20. The summed E-state index contributed by atoms with van der Waals surface area (Å²) in [4.78, 5) is 0. The summed E-state index contributed by atoms with van der Waals surface area (Å²) in [7, 11) is 3.33. The highest BCUT2D eigenvalue weighted by Crippen LogP contribution is 2.49. The number of methoxy groups -OCH3 is 2. The summed E-state index contributed by atoms with van der Waals surface area (Å²) in [6.45, 7) is 0.597. The van der Waals surface area contributed by atoms with Gasteiger partial charge in [-0.25, -0.2) is 0 Å². The molecular weight excluding hydrogens is 262 g/mol. The molecule has 1 aliphatic carbocycles. The molecule has 4 heteroatoms. The summed E-state index contributed by atoms with van der Waals surface area (Å²) >= 11 is 6.28. The van der Waals surface area contributed by atoms with Crippen LogP contribution in [0.15, 0.2) is 12.1 Å². The molecule has 2 N–H and O–H groups in total. The van der Waals surface area contributed by atoms with Gasteiger partial charge < -0.3 is 15.2 Å². The van der Waals surface area contributed by atoms with Crippen molar-refractivity contribution in [3.63, 3.8) is 0 Å². The van der Waals surface area contributed by atoms with Gasteiger partial charge in [-0.05, 0) is 25.0 Å². The number of rotatable bonds is 4. The maximum atomic E-state index is 6.28. The lowest BCUT2D eigenvalue weighted by atomic mass is 9.69. The highest BCUT2D eigenvalue weighted by atomic mass is 35.5. The van der Waals surface area contributed by atoms with E-state index >= 15 is 0 Å². The first-order valence-electron chi connectivity index (χ1n) is 6.79. The van der Waals surface area contributed by atoms with E-state index in [2.05, 4.69) is 0 Å². The number of nitrogens with two attached hydrogens (primary N) is 1. The first kappa shape index (κ1) is 14.5. The zero-order chi connectivity index (χ0) is 13.9. The SMILES string of the molecule is COc1ccc(Cl)c(OC)c1C1(CN)CCCCC1. The van der Waals surface area contributed by atoms with Crippen LogP contribution >= 0.6 is 11.6 Å². The molecule has 0 bridgehead atoms. The number of hydrogen-bond donors (Lipinski definition) is 1. The van der Waals surface area contributed by atoms with E-state index in [9.17, 15) is 0 Å². The molecule has 2 rings (SSSR count). The fourth-order valence-corrected chi connectivity index (χ4v) is 3.43. The van der Waals surface area contributed by atoms with Crippen LogP contribution in [0.5, 0.6) is 11.5 Å². The Hall–Kier alpha value is -0.930. The maximum Gasteiger partial charge on any atom is 0.144 e. The van der Waals surface area contributed by atoms with Gasteiger partial charge in [0, 0.05) is 17.5 Å². The van der Waals surface area contributed by atoms with Gasteiger partial charge in [0.25, 0.3) is 0 Å². The van der Waals surface area contributed by atoms with Crippen LogP contribution in [-0.4, -0.2) is 20.8 Å². The highest BCUT2D eigenvalue weighted by molar-refractivity contribution is 6.32. The quantitative estimate of drug-likeness (QED) is 0.919. The molecule has 0 saturated heterocycles. The minimum absolute atomic E-state index is 0.0696. The van der Waals surface area contributed by atoms with Crippen molar-refractivity contribution in [1.29, 1.82) is 0 Å². The van der Waals surface area contributed by atoms with Crippen LogP contribution in [0, 0.1) is 0 Å². The molecule has 0 unspecified atom stereocenters. The van der Waals surface area contributed by atoms with Gasteiger partial charge in [-0.1, -0.05) is 30.9 Å². The Bertz CT molecular complexity index is 442. The van der Waals surface area contributed by atoms with Crippen LogP contribution in [0.4, 0.5) is 0 Å². The molecule has 3 nitrogen and oxygen atoms in total. The molecule has 1 saturated carbocycles. The number of hydrogen-bond acceptors (Lipinski definition) is 3. The van der Waals surface area contributed by atoms with Crippen LogP contribution in [0.1, 0.15) is 37.7 Å². The van der Waals surface area contributed by atoms with E-state index in [1.165, 1.54) is 19.3 Å². The number of halogens is 1. The standard InChI is InChI=1S/C15H22ClNO2/c1-18-12-7-6-11(16)14(19-2)13(12)15(10-17)8-4-3-5-9-15/h6-7H,3-5,8-10,17H2,1-2H3. The number of benzene rings is 1. The Labute approximate surface area is 120 Å². The van der Waals surface area contributed by atoms with E-state index in [0.29, 0.717) is 17.3 Å². The fraction of sp³-hybridized carbons (Fsp3) is 0.600. The smallest absolute Gasteiger partial charge is 0.144 e. The monoisotopic (exact) mass is 283 g/mol. The van der Waals surface area contributed by atoms with Crippen molar-refractivity contribution in [1.82, 2.24) is 0 Å². The van der Waals surface area contributed by atoms with Gasteiger partial charge >= 0.3 is 0 Å². The lowest BCUT2D eigenvalue weighted by Gasteiger charge is -2.38. The average molecular weight is 284 g/mol. The Morgan fingerprint density at radius 2 is 1.84 bits per heavy atom. The first-order valence-corrected chi connectivity index (χ1v) is 7.17. The Kier molecular flexibility index (Phi) is 4.58. The van der Waals surface area contributed by atoms with Gasteiger partial charge in [0.15, 0.2) is 0 Å². The van der Waals surface area contributed by atoms with Gasteiger partial charge in [-0.3, -0.25) is 0 Å². The Balaban J connectivity index is 2.60. The topological polar surface area (TPSA) is 44.5 Å². The van der Waals surface area contributed by atoms with Gasteiger partial charge in [0.2, 0.25) is 0 Å². The summed E-state index contributed by atoms with van der Waals surface area (Å²) in [5.74, 6) is 1.54. The van der Waals surface area contributed by atoms with Crippen molar-refractivity contribution in [2.75, 3.05) is 20.8 Å². The molecule has 1 aromatic rings. The second-order valence-corrected chi connectivity index (χ2v) is 5.61. The van der Waals surface area contributed by atoms with Crippen LogP contribution in [0.3, 0.4) is 0 Å². The molecule has 106 valence electrons. The largest absolute Gasteiger partial charge is 0.496 e. The summed E-state index contributed by atoms with van der Waals surface area (Å²) < 4.78 is 11.1. The molecule has 0 aromatic heterocycles. The van der Waals surface area contributed by atoms with E-state index in [1.807, 2.05) is 12.1 Å². The van der Waals surface area contributed by atoms with Crippen LogP contribution < -0.4 is 15.2 Å². The van der Waals surface area contributed by atoms with Crippen LogP contribution in [0.25, 0.3) is 0 Å². The van der Waals surface area contributed by atoms with Crippen molar-refractivity contribution in [2.24, 2.45) is 5.73 Å². The van der Waals surface area contributed by atoms with Crippen LogP contribution in [-0.2, 0) is 5.41 Å². The Morgan fingerprint density at radius 3 is 2.37 bits per heavy atom. The summed E-state index contributed by atoms with van der Waals surface area (Å²) in [6.07, 6.45) is 5.78. The minimum Gasteiger partial charge on any atom is -0.496 e. The molecule has 0 heterocycles. The summed E-state index contributed by atoms with van der Waals surface area (Å²) in [6, 6.07) is 3.72. The molecule has 0 radical (unpaired) electrons. The van der Waals surface area contributed by atoms with Crippen molar-refractivity contribution >= 4 is 11.6 Å². The van der Waals surface area contributed by atoms with Crippen LogP contribution in [0.2, 0.25) is 5.02 Å². The third-order valence-electron chi connectivity index (χ3n) is 4.23. The molecule has 0 spiro atoms. The summed E-state index contributed by atoms with van der Waals surface area (Å²) in [5.41, 5.74) is 7.09. The minimum atomic E-state index is -0.0696. The predicted molar refractivity (Wildman–Crippen MR) is 78.4 cm³/mol. The molecule has 19 heavy (non-hydrogen) atoms. The zero-order valence-electron chi connectivity index (χ0n) is 11.7. The number of ether oxygens (including phenoxy) is 2. The second kappa shape index (κ2) is 6.02. The van der Waals surface area contributed by atoms with Crippen molar-refractivity contribution in [3.8, 4) is 11.5 Å². The first-order chi connectivity index (χ1) is 9.18. The third-order valence-corrected chi connectivity index (χ3v) is 4.52. The van der Waals surface area contributed by atoms with Crippen molar-refractivity contribution < 1.29 is 9.47 Å². The molecule has 1 fully saturated rings. The van der Waals surface area contributed by atoms with Gasteiger partial charge in [0.1, 0.15) is 11.5 Å². The van der Waals surface area contributed by atoms with Gasteiger partial charge in [0.05, 0.1) is 19.2 Å². The lowest BCUT2D eigenvalue weighted by Crippen LogP contribution is -2.37. The molecule has 0 amide bonds. The zero-order valence-corrected chi connectivity index (χ0v) is 12.4. The van der Waals surface area contributed by atoms with Crippen molar-refractivity contribution in [3.05, 3.63) is 22.7 Å². The van der Waals surface area contributed by atoms with E-state index in [1.54, 1.807) is 14.2 Å². The third kappa shape index (κ3) is 2.54. The van der Waals surface area contributed by atoms with E-state index in [-0.39, 0.29) is 5.41 Å². The molecule has 1 aromatic carbocycles.